The Balaban J connectivity index is 1.70. The molecule has 3 rings (SSSR count). The van der Waals surface area contributed by atoms with Crippen molar-refractivity contribution in [3.63, 3.8) is 0 Å². The monoisotopic (exact) mass is 284 g/mol. The Kier molecular flexibility index (Phi) is 3.97. The van der Waals surface area contributed by atoms with Crippen LogP contribution in [0.3, 0.4) is 0 Å². The normalized spacial score (nSPS) is 19.5. The third-order valence-corrected chi connectivity index (χ3v) is 4.43. The summed E-state index contributed by atoms with van der Waals surface area (Å²) in [4.78, 5) is 6.93. The lowest BCUT2D eigenvalue weighted by molar-refractivity contribution is 0.266. The molecule has 4 heteroatoms. The molecule has 21 heavy (non-hydrogen) atoms. The predicted octanol–water partition coefficient (Wildman–Crippen LogP) is 2.96. The summed E-state index contributed by atoms with van der Waals surface area (Å²) in [6.45, 7) is 7.96. The Morgan fingerprint density at radius 2 is 2.24 bits per heavy atom. The van der Waals surface area contributed by atoms with Gasteiger partial charge in [-0.05, 0) is 44.9 Å². The number of pyridine rings is 1. The molecule has 112 valence electrons. The molecule has 1 fully saturated rings. The van der Waals surface area contributed by atoms with Gasteiger partial charge in [-0.1, -0.05) is 12.1 Å². The quantitative estimate of drug-likeness (QED) is 0.848. The third-order valence-electron chi connectivity index (χ3n) is 4.43. The summed E-state index contributed by atoms with van der Waals surface area (Å²) in [6.07, 6.45) is 3.10. The highest BCUT2D eigenvalue weighted by Gasteiger charge is 2.23. The lowest BCUT2D eigenvalue weighted by Gasteiger charge is -2.20. The van der Waals surface area contributed by atoms with Crippen LogP contribution in [0, 0.1) is 5.92 Å². The molecular formula is C17H24N4. The van der Waals surface area contributed by atoms with Crippen molar-refractivity contribution >= 4 is 22.3 Å². The predicted molar refractivity (Wildman–Crippen MR) is 89.5 cm³/mol. The molecule has 0 amide bonds. The number of hydrogen-bond donors (Lipinski definition) is 2. The molecule has 0 spiro atoms. The van der Waals surface area contributed by atoms with Crippen LogP contribution >= 0.6 is 0 Å². The molecule has 1 aromatic carbocycles. The standard InChI is InChI=1S/C17H24N4/c1-12(2)21-9-7-13(11-21)10-20-16-6-8-19-17-14(16)4-3-5-15(17)18/h3-6,8,12-13H,7,9-11,18H2,1-2H3,(H,19,20). The fourth-order valence-corrected chi connectivity index (χ4v) is 3.11. The van der Waals surface area contributed by atoms with Crippen LogP contribution < -0.4 is 11.1 Å². The number of para-hydroxylation sites is 1. The van der Waals surface area contributed by atoms with E-state index >= 15 is 0 Å². The van der Waals surface area contributed by atoms with Crippen LogP contribution in [0.5, 0.6) is 0 Å². The zero-order valence-corrected chi connectivity index (χ0v) is 12.8. The van der Waals surface area contributed by atoms with Crippen LogP contribution in [-0.4, -0.2) is 35.6 Å². The maximum atomic E-state index is 6.00. The fourth-order valence-electron chi connectivity index (χ4n) is 3.11. The molecule has 0 aliphatic carbocycles. The van der Waals surface area contributed by atoms with Crippen molar-refractivity contribution in [2.24, 2.45) is 5.92 Å². The van der Waals surface area contributed by atoms with Crippen LogP contribution in [0.25, 0.3) is 10.9 Å². The van der Waals surface area contributed by atoms with E-state index in [4.69, 9.17) is 5.73 Å². The number of nitrogens with two attached hydrogens (primary N) is 1. The molecule has 1 aliphatic heterocycles. The average Bonchev–Trinajstić information content (AvgIpc) is 2.95. The molecule has 1 aromatic heterocycles. The molecule has 1 aliphatic rings. The second kappa shape index (κ2) is 5.90. The minimum Gasteiger partial charge on any atom is -0.397 e. The summed E-state index contributed by atoms with van der Waals surface area (Å²) < 4.78 is 0. The zero-order valence-electron chi connectivity index (χ0n) is 12.8. The molecule has 0 bridgehead atoms. The maximum absolute atomic E-state index is 6.00. The van der Waals surface area contributed by atoms with Gasteiger partial charge in [0.15, 0.2) is 0 Å². The van der Waals surface area contributed by atoms with Gasteiger partial charge in [-0.2, -0.15) is 0 Å². The first-order valence-corrected chi connectivity index (χ1v) is 7.76. The van der Waals surface area contributed by atoms with E-state index < -0.39 is 0 Å². The molecule has 1 unspecified atom stereocenters. The first kappa shape index (κ1) is 14.1. The summed E-state index contributed by atoms with van der Waals surface area (Å²) in [5, 5.41) is 4.70. The van der Waals surface area contributed by atoms with Gasteiger partial charge >= 0.3 is 0 Å². The van der Waals surface area contributed by atoms with Crippen molar-refractivity contribution in [1.82, 2.24) is 9.88 Å². The molecule has 2 heterocycles. The maximum Gasteiger partial charge on any atom is 0.0951 e. The van der Waals surface area contributed by atoms with Gasteiger partial charge < -0.3 is 16.0 Å². The second-order valence-corrected chi connectivity index (χ2v) is 6.23. The van der Waals surface area contributed by atoms with Gasteiger partial charge in [0.05, 0.1) is 11.2 Å². The smallest absolute Gasteiger partial charge is 0.0951 e. The Hall–Kier alpha value is -1.81. The number of nitrogen functional groups attached to an aromatic ring is 1. The second-order valence-electron chi connectivity index (χ2n) is 6.23. The van der Waals surface area contributed by atoms with Gasteiger partial charge in [-0.25, -0.2) is 0 Å². The van der Waals surface area contributed by atoms with Gasteiger partial charge in [0, 0.05) is 36.4 Å². The van der Waals surface area contributed by atoms with E-state index in [1.807, 2.05) is 24.4 Å². The number of likely N-dealkylation sites (tertiary alicyclic amines) is 1. The van der Waals surface area contributed by atoms with Crippen molar-refractivity contribution in [3.05, 3.63) is 30.5 Å². The first-order chi connectivity index (χ1) is 10.1. The number of fused-ring (bicyclic) bond motifs is 1. The van der Waals surface area contributed by atoms with E-state index in [0.29, 0.717) is 6.04 Å². The van der Waals surface area contributed by atoms with E-state index in [0.717, 1.165) is 34.7 Å². The molecule has 1 atom stereocenters. The minimum atomic E-state index is 0.650. The van der Waals surface area contributed by atoms with Gasteiger partial charge in [-0.3, -0.25) is 4.98 Å². The summed E-state index contributed by atoms with van der Waals surface area (Å²) >= 11 is 0. The summed E-state index contributed by atoms with van der Waals surface area (Å²) in [5.74, 6) is 0.719. The average molecular weight is 284 g/mol. The minimum absolute atomic E-state index is 0.650. The lowest BCUT2D eigenvalue weighted by Crippen LogP contribution is -2.29. The highest BCUT2D eigenvalue weighted by molar-refractivity contribution is 5.97. The molecular weight excluding hydrogens is 260 g/mol. The van der Waals surface area contributed by atoms with Crippen LogP contribution in [0.15, 0.2) is 30.5 Å². The van der Waals surface area contributed by atoms with Gasteiger partial charge in [0.2, 0.25) is 0 Å². The number of rotatable bonds is 4. The number of aromatic nitrogens is 1. The van der Waals surface area contributed by atoms with Gasteiger partial charge in [0.25, 0.3) is 0 Å². The van der Waals surface area contributed by atoms with E-state index in [1.165, 1.54) is 19.5 Å². The largest absolute Gasteiger partial charge is 0.397 e. The number of hydrogen-bond acceptors (Lipinski definition) is 4. The van der Waals surface area contributed by atoms with Crippen LogP contribution in [-0.2, 0) is 0 Å². The highest BCUT2D eigenvalue weighted by Crippen LogP contribution is 2.26. The number of nitrogens with one attached hydrogen (secondary N) is 1. The van der Waals surface area contributed by atoms with E-state index in [1.54, 1.807) is 0 Å². The zero-order chi connectivity index (χ0) is 14.8. The van der Waals surface area contributed by atoms with Crippen molar-refractivity contribution < 1.29 is 0 Å². The first-order valence-electron chi connectivity index (χ1n) is 7.76. The molecule has 3 N–H and O–H groups in total. The summed E-state index contributed by atoms with van der Waals surface area (Å²) in [7, 11) is 0. The fraction of sp³-hybridized carbons (Fsp3) is 0.471. The molecule has 0 saturated carbocycles. The van der Waals surface area contributed by atoms with Crippen LogP contribution in [0.4, 0.5) is 11.4 Å². The van der Waals surface area contributed by atoms with Crippen LogP contribution in [0.2, 0.25) is 0 Å². The van der Waals surface area contributed by atoms with E-state index in [9.17, 15) is 0 Å². The molecule has 0 radical (unpaired) electrons. The van der Waals surface area contributed by atoms with Crippen molar-refractivity contribution in [2.45, 2.75) is 26.3 Å². The van der Waals surface area contributed by atoms with Crippen molar-refractivity contribution in [3.8, 4) is 0 Å². The summed E-state index contributed by atoms with van der Waals surface area (Å²) in [5.41, 5.74) is 8.76. The van der Waals surface area contributed by atoms with E-state index in [-0.39, 0.29) is 0 Å². The topological polar surface area (TPSA) is 54.2 Å². The molecule has 4 nitrogen and oxygen atoms in total. The molecule has 2 aromatic rings. The number of anilines is 2. The summed E-state index contributed by atoms with van der Waals surface area (Å²) in [6, 6.07) is 8.65. The number of nitrogens with zero attached hydrogens (tertiary/aromatic N) is 2. The van der Waals surface area contributed by atoms with Gasteiger partial charge in [-0.15, -0.1) is 0 Å². The molecule has 1 saturated heterocycles. The van der Waals surface area contributed by atoms with Crippen LogP contribution in [0.1, 0.15) is 20.3 Å². The third kappa shape index (κ3) is 2.95. The van der Waals surface area contributed by atoms with E-state index in [2.05, 4.69) is 35.1 Å². The highest BCUT2D eigenvalue weighted by atomic mass is 15.2. The Labute approximate surface area is 126 Å². The Morgan fingerprint density at radius 1 is 1.38 bits per heavy atom. The lowest BCUT2D eigenvalue weighted by atomic mass is 10.1. The number of benzene rings is 1. The Bertz CT molecular complexity index is 623. The Morgan fingerprint density at radius 3 is 3.00 bits per heavy atom. The SMILES string of the molecule is CC(C)N1CCC(CNc2ccnc3c(N)cccc23)C1. The van der Waals surface area contributed by atoms with Gasteiger partial charge in [0.1, 0.15) is 0 Å². The van der Waals surface area contributed by atoms with Crippen molar-refractivity contribution in [2.75, 3.05) is 30.7 Å². The van der Waals surface area contributed by atoms with Crippen molar-refractivity contribution in [1.29, 1.82) is 0 Å².